The number of phenolic OH excluding ortho intramolecular Hbond substituents is 1. The number of allylic oxidation sites excluding steroid dienone is 2. The van der Waals surface area contributed by atoms with Gasteiger partial charge >= 0.3 is 0 Å². The van der Waals surface area contributed by atoms with Gasteiger partial charge in [-0.15, -0.1) is 0 Å². The van der Waals surface area contributed by atoms with Crippen LogP contribution in [0.1, 0.15) is 35.7 Å². The van der Waals surface area contributed by atoms with Crippen LogP contribution in [0.2, 0.25) is 0 Å². The molecule has 0 aliphatic rings. The Morgan fingerprint density at radius 3 is 2.76 bits per heavy atom. The number of benzene rings is 1. The van der Waals surface area contributed by atoms with Crippen LogP contribution >= 0.6 is 0 Å². The highest BCUT2D eigenvalue weighted by atomic mass is 16.5. The Morgan fingerprint density at radius 2 is 2.18 bits per heavy atom. The van der Waals surface area contributed by atoms with E-state index in [0.29, 0.717) is 24.2 Å². The maximum Gasteiger partial charge on any atom is 0.166 e. The normalized spacial score (nSPS) is 10.8. The maximum atomic E-state index is 11.9. The van der Waals surface area contributed by atoms with Gasteiger partial charge in [0, 0.05) is 12.5 Å². The quantitative estimate of drug-likeness (QED) is 0.628. The second-order valence-electron chi connectivity index (χ2n) is 3.87. The van der Waals surface area contributed by atoms with Gasteiger partial charge in [0.15, 0.2) is 5.78 Å². The van der Waals surface area contributed by atoms with E-state index in [9.17, 15) is 9.90 Å². The molecule has 1 rings (SSSR count). The number of ketones is 1. The van der Waals surface area contributed by atoms with Gasteiger partial charge < -0.3 is 9.84 Å². The molecule has 3 nitrogen and oxygen atoms in total. The highest BCUT2D eigenvalue weighted by Crippen LogP contribution is 2.28. The summed E-state index contributed by atoms with van der Waals surface area (Å²) in [4.78, 5) is 11.9. The third-order valence-corrected chi connectivity index (χ3v) is 2.59. The lowest BCUT2D eigenvalue weighted by atomic mass is 10.0. The van der Waals surface area contributed by atoms with Crippen molar-refractivity contribution in [2.45, 2.75) is 26.7 Å². The minimum absolute atomic E-state index is 0.0158. The fourth-order valence-corrected chi connectivity index (χ4v) is 1.64. The summed E-state index contributed by atoms with van der Waals surface area (Å²) in [5, 5.41) is 9.75. The van der Waals surface area contributed by atoms with Crippen molar-refractivity contribution in [3.8, 4) is 11.5 Å². The van der Waals surface area contributed by atoms with Crippen LogP contribution in [0.3, 0.4) is 0 Å². The van der Waals surface area contributed by atoms with E-state index in [0.717, 1.165) is 5.56 Å². The van der Waals surface area contributed by atoms with Crippen molar-refractivity contribution in [2.24, 2.45) is 0 Å². The standard InChI is InChI=1S/C14H18O3/c1-4-5-6-7-12(15)11-8-10(2)14(17-3)9-13(11)16/h4-5,8-9,16H,6-7H2,1-3H3. The van der Waals surface area contributed by atoms with Crippen LogP contribution in [-0.2, 0) is 0 Å². The van der Waals surface area contributed by atoms with Crippen LogP contribution in [0.4, 0.5) is 0 Å². The number of aromatic hydroxyl groups is 1. The molecule has 0 bridgehead atoms. The Labute approximate surface area is 102 Å². The Morgan fingerprint density at radius 1 is 1.47 bits per heavy atom. The maximum absolute atomic E-state index is 11.9. The number of Topliss-reactive ketones (excluding diaryl/α,β-unsaturated/α-hetero) is 1. The first-order valence-electron chi connectivity index (χ1n) is 5.62. The van der Waals surface area contributed by atoms with E-state index in [1.54, 1.807) is 6.07 Å². The van der Waals surface area contributed by atoms with Gasteiger partial charge in [0.1, 0.15) is 11.5 Å². The van der Waals surface area contributed by atoms with E-state index in [1.165, 1.54) is 13.2 Å². The number of aryl methyl sites for hydroxylation is 1. The number of methoxy groups -OCH3 is 1. The van der Waals surface area contributed by atoms with Crippen LogP contribution < -0.4 is 4.74 Å². The highest BCUT2D eigenvalue weighted by molar-refractivity contribution is 5.99. The minimum atomic E-state index is -0.0497. The zero-order valence-electron chi connectivity index (χ0n) is 10.5. The van der Waals surface area contributed by atoms with Crippen molar-refractivity contribution >= 4 is 5.78 Å². The van der Waals surface area contributed by atoms with E-state index in [1.807, 2.05) is 26.0 Å². The fourth-order valence-electron chi connectivity index (χ4n) is 1.64. The molecular formula is C14H18O3. The van der Waals surface area contributed by atoms with Crippen LogP contribution in [0.25, 0.3) is 0 Å². The highest BCUT2D eigenvalue weighted by Gasteiger charge is 2.13. The molecule has 0 amide bonds. The molecule has 0 fully saturated rings. The molecule has 92 valence electrons. The van der Waals surface area contributed by atoms with E-state index in [2.05, 4.69) is 0 Å². The smallest absolute Gasteiger partial charge is 0.166 e. The molecule has 3 heteroatoms. The third kappa shape index (κ3) is 3.34. The summed E-state index contributed by atoms with van der Waals surface area (Å²) in [6.45, 7) is 3.76. The molecule has 17 heavy (non-hydrogen) atoms. The largest absolute Gasteiger partial charge is 0.507 e. The average Bonchev–Trinajstić information content (AvgIpc) is 2.31. The molecule has 0 aliphatic carbocycles. The molecule has 0 saturated heterocycles. The van der Waals surface area contributed by atoms with E-state index in [-0.39, 0.29) is 11.5 Å². The summed E-state index contributed by atoms with van der Waals surface area (Å²) in [6, 6.07) is 3.16. The average molecular weight is 234 g/mol. The molecule has 0 aromatic heterocycles. The Kier molecular flexibility index (Phi) is 4.76. The number of carbonyl (C=O) groups is 1. The van der Waals surface area contributed by atoms with Crippen LogP contribution in [0, 0.1) is 6.92 Å². The summed E-state index contributed by atoms with van der Waals surface area (Å²) in [7, 11) is 1.54. The predicted molar refractivity (Wildman–Crippen MR) is 67.8 cm³/mol. The van der Waals surface area contributed by atoms with Crippen molar-refractivity contribution < 1.29 is 14.6 Å². The van der Waals surface area contributed by atoms with E-state index in [4.69, 9.17) is 4.74 Å². The van der Waals surface area contributed by atoms with Gasteiger partial charge in [-0.05, 0) is 31.9 Å². The van der Waals surface area contributed by atoms with Gasteiger partial charge in [-0.1, -0.05) is 12.2 Å². The minimum Gasteiger partial charge on any atom is -0.507 e. The number of carbonyl (C=O) groups excluding carboxylic acids is 1. The van der Waals surface area contributed by atoms with Gasteiger partial charge in [0.05, 0.1) is 12.7 Å². The number of ether oxygens (including phenoxy) is 1. The molecule has 1 N–H and O–H groups in total. The first-order valence-corrected chi connectivity index (χ1v) is 5.62. The topological polar surface area (TPSA) is 46.5 Å². The lowest BCUT2D eigenvalue weighted by Gasteiger charge is -2.09. The summed E-state index contributed by atoms with van der Waals surface area (Å²) in [5.74, 6) is 0.525. The van der Waals surface area contributed by atoms with Gasteiger partial charge in [-0.3, -0.25) is 4.79 Å². The number of rotatable bonds is 5. The molecule has 0 atom stereocenters. The van der Waals surface area contributed by atoms with Gasteiger partial charge in [-0.2, -0.15) is 0 Å². The molecule has 0 radical (unpaired) electrons. The van der Waals surface area contributed by atoms with E-state index >= 15 is 0 Å². The fraction of sp³-hybridized carbons (Fsp3) is 0.357. The summed E-state index contributed by atoms with van der Waals surface area (Å²) < 4.78 is 5.08. The first kappa shape index (κ1) is 13.3. The van der Waals surface area contributed by atoms with E-state index < -0.39 is 0 Å². The van der Waals surface area contributed by atoms with Gasteiger partial charge in [0.2, 0.25) is 0 Å². The predicted octanol–water partition coefficient (Wildman–Crippen LogP) is 3.25. The molecule has 0 unspecified atom stereocenters. The molecule has 0 aliphatic heterocycles. The van der Waals surface area contributed by atoms with Crippen molar-refractivity contribution in [1.82, 2.24) is 0 Å². The monoisotopic (exact) mass is 234 g/mol. The number of hydrogen-bond acceptors (Lipinski definition) is 3. The van der Waals surface area contributed by atoms with Crippen molar-refractivity contribution in [3.05, 3.63) is 35.4 Å². The Balaban J connectivity index is 2.90. The SMILES string of the molecule is CC=CCCC(=O)c1cc(C)c(OC)cc1O. The lowest BCUT2D eigenvalue weighted by Crippen LogP contribution is -2.00. The molecule has 0 saturated carbocycles. The lowest BCUT2D eigenvalue weighted by molar-refractivity contribution is 0.0981. The van der Waals surface area contributed by atoms with Crippen molar-refractivity contribution in [2.75, 3.05) is 7.11 Å². The summed E-state index contributed by atoms with van der Waals surface area (Å²) in [5.41, 5.74) is 1.22. The van der Waals surface area contributed by atoms with Gasteiger partial charge in [0.25, 0.3) is 0 Å². The zero-order valence-corrected chi connectivity index (χ0v) is 10.5. The molecular weight excluding hydrogens is 216 g/mol. The Hall–Kier alpha value is -1.77. The zero-order chi connectivity index (χ0) is 12.8. The molecule has 0 heterocycles. The molecule has 1 aromatic rings. The second kappa shape index (κ2) is 6.09. The summed E-state index contributed by atoms with van der Waals surface area (Å²) >= 11 is 0. The Bertz CT molecular complexity index is 433. The first-order chi connectivity index (χ1) is 8.10. The second-order valence-corrected chi connectivity index (χ2v) is 3.87. The van der Waals surface area contributed by atoms with Crippen molar-refractivity contribution in [1.29, 1.82) is 0 Å². The van der Waals surface area contributed by atoms with Crippen LogP contribution in [0.5, 0.6) is 11.5 Å². The number of phenols is 1. The van der Waals surface area contributed by atoms with Gasteiger partial charge in [-0.25, -0.2) is 0 Å². The number of hydrogen-bond donors (Lipinski definition) is 1. The van der Waals surface area contributed by atoms with Crippen LogP contribution in [0.15, 0.2) is 24.3 Å². The van der Waals surface area contributed by atoms with Crippen molar-refractivity contribution in [3.63, 3.8) is 0 Å². The van der Waals surface area contributed by atoms with Crippen LogP contribution in [-0.4, -0.2) is 18.0 Å². The summed E-state index contributed by atoms with van der Waals surface area (Å²) in [6.07, 6.45) is 4.95. The third-order valence-electron chi connectivity index (χ3n) is 2.59. The molecule has 0 spiro atoms. The molecule has 1 aromatic carbocycles.